The predicted molar refractivity (Wildman–Crippen MR) is 61.1 cm³/mol. The molecule has 0 amide bonds. The molecule has 0 bridgehead atoms. The lowest BCUT2D eigenvalue weighted by Crippen LogP contribution is -2.03. The summed E-state index contributed by atoms with van der Waals surface area (Å²) in [6.07, 6.45) is 1.28. The van der Waals surface area contributed by atoms with Crippen LogP contribution in [0.4, 0.5) is 4.39 Å². The summed E-state index contributed by atoms with van der Waals surface area (Å²) in [6, 6.07) is 5.51. The first-order valence-corrected chi connectivity index (χ1v) is 5.26. The molecule has 2 aromatic rings. The molecule has 0 aliphatic heterocycles. The molecule has 4 nitrogen and oxygen atoms in total. The fourth-order valence-corrected chi connectivity index (χ4v) is 1.52. The van der Waals surface area contributed by atoms with Crippen LogP contribution in [0.5, 0.6) is 5.75 Å². The maximum Gasteiger partial charge on any atom is 0.339 e. The lowest BCUT2D eigenvalue weighted by molar-refractivity contribution is 0.0692. The van der Waals surface area contributed by atoms with E-state index in [4.69, 9.17) is 14.3 Å². The Morgan fingerprint density at radius 2 is 2.22 bits per heavy atom. The van der Waals surface area contributed by atoms with Crippen molar-refractivity contribution in [3.05, 3.63) is 53.2 Å². The Labute approximate surface area is 103 Å². The fraction of sp³-hybridized carbons (Fsp3) is 0.154. The molecule has 0 saturated heterocycles. The standard InChI is InChI=1S/C13H11FO4/c1-8-2-3-9(14)6-11(8)18-7-12-10(13(15)16)4-5-17-12/h2-6H,7H2,1H3,(H,15,16). The number of hydrogen-bond donors (Lipinski definition) is 1. The fourth-order valence-electron chi connectivity index (χ4n) is 1.52. The van der Waals surface area contributed by atoms with E-state index in [2.05, 4.69) is 0 Å². The highest BCUT2D eigenvalue weighted by Gasteiger charge is 2.14. The summed E-state index contributed by atoms with van der Waals surface area (Å²) in [5.74, 6) is -0.930. The van der Waals surface area contributed by atoms with E-state index in [-0.39, 0.29) is 17.9 Å². The smallest absolute Gasteiger partial charge is 0.339 e. The summed E-state index contributed by atoms with van der Waals surface area (Å²) in [6.45, 7) is 1.72. The van der Waals surface area contributed by atoms with Crippen LogP contribution in [0.25, 0.3) is 0 Å². The monoisotopic (exact) mass is 250 g/mol. The first kappa shape index (κ1) is 12.2. The zero-order chi connectivity index (χ0) is 13.1. The Bertz CT molecular complexity index is 574. The van der Waals surface area contributed by atoms with Gasteiger partial charge in [0.15, 0.2) is 5.76 Å². The van der Waals surface area contributed by atoms with Crippen molar-refractivity contribution in [2.24, 2.45) is 0 Å². The van der Waals surface area contributed by atoms with Crippen LogP contribution in [0.15, 0.2) is 34.9 Å². The van der Waals surface area contributed by atoms with Gasteiger partial charge in [0, 0.05) is 6.07 Å². The van der Waals surface area contributed by atoms with Crippen LogP contribution in [-0.4, -0.2) is 11.1 Å². The predicted octanol–water partition coefficient (Wildman–Crippen LogP) is 3.00. The van der Waals surface area contributed by atoms with E-state index < -0.39 is 11.8 Å². The minimum absolute atomic E-state index is 0.0454. The molecule has 0 fully saturated rings. The van der Waals surface area contributed by atoms with Crippen LogP contribution in [0.1, 0.15) is 21.7 Å². The van der Waals surface area contributed by atoms with Gasteiger partial charge in [-0.25, -0.2) is 9.18 Å². The van der Waals surface area contributed by atoms with E-state index >= 15 is 0 Å². The van der Waals surface area contributed by atoms with Gasteiger partial charge in [-0.2, -0.15) is 0 Å². The van der Waals surface area contributed by atoms with Crippen molar-refractivity contribution in [1.82, 2.24) is 0 Å². The Morgan fingerprint density at radius 1 is 1.44 bits per heavy atom. The number of carbonyl (C=O) groups is 1. The molecule has 0 aliphatic rings. The molecule has 94 valence electrons. The molecule has 1 heterocycles. The van der Waals surface area contributed by atoms with Crippen LogP contribution in [0.2, 0.25) is 0 Å². The lowest BCUT2D eigenvalue weighted by atomic mass is 10.2. The molecule has 1 aromatic heterocycles. The van der Waals surface area contributed by atoms with Crippen LogP contribution in [0, 0.1) is 12.7 Å². The van der Waals surface area contributed by atoms with E-state index in [9.17, 15) is 9.18 Å². The van der Waals surface area contributed by atoms with Crippen molar-refractivity contribution in [3.8, 4) is 5.75 Å². The summed E-state index contributed by atoms with van der Waals surface area (Å²) in [4.78, 5) is 10.8. The number of carboxylic acid groups (broad SMARTS) is 1. The normalized spacial score (nSPS) is 10.3. The highest BCUT2D eigenvalue weighted by atomic mass is 19.1. The van der Waals surface area contributed by atoms with Crippen molar-refractivity contribution >= 4 is 5.97 Å². The lowest BCUT2D eigenvalue weighted by Gasteiger charge is -2.08. The zero-order valence-corrected chi connectivity index (χ0v) is 9.64. The van der Waals surface area contributed by atoms with Gasteiger partial charge >= 0.3 is 5.97 Å². The molecule has 0 unspecified atom stereocenters. The molecule has 0 aliphatic carbocycles. The van der Waals surface area contributed by atoms with Gasteiger partial charge in [-0.3, -0.25) is 0 Å². The molecule has 1 N–H and O–H groups in total. The third-order valence-corrected chi connectivity index (χ3v) is 2.48. The third kappa shape index (κ3) is 2.51. The molecule has 1 aromatic carbocycles. The van der Waals surface area contributed by atoms with E-state index in [1.54, 1.807) is 13.0 Å². The maximum absolute atomic E-state index is 13.0. The van der Waals surface area contributed by atoms with Gasteiger partial charge in [-0.15, -0.1) is 0 Å². The molecular weight excluding hydrogens is 239 g/mol. The zero-order valence-electron chi connectivity index (χ0n) is 9.64. The first-order chi connectivity index (χ1) is 8.58. The Balaban J connectivity index is 2.14. The SMILES string of the molecule is Cc1ccc(F)cc1OCc1occc1C(=O)O. The number of aromatic carboxylic acids is 1. The largest absolute Gasteiger partial charge is 0.485 e. The molecule has 2 rings (SSSR count). The average molecular weight is 250 g/mol. The van der Waals surface area contributed by atoms with Gasteiger partial charge in [0.25, 0.3) is 0 Å². The van der Waals surface area contributed by atoms with Gasteiger partial charge < -0.3 is 14.3 Å². The summed E-state index contributed by atoms with van der Waals surface area (Å²) in [5.41, 5.74) is 0.809. The second kappa shape index (κ2) is 4.91. The second-order valence-electron chi connectivity index (χ2n) is 3.76. The number of aryl methyl sites for hydroxylation is 1. The first-order valence-electron chi connectivity index (χ1n) is 5.26. The Hall–Kier alpha value is -2.30. The van der Waals surface area contributed by atoms with Crippen molar-refractivity contribution in [2.45, 2.75) is 13.5 Å². The number of hydrogen-bond acceptors (Lipinski definition) is 3. The maximum atomic E-state index is 13.0. The summed E-state index contributed by atoms with van der Waals surface area (Å²) < 4.78 is 23.4. The minimum atomic E-state index is -1.08. The van der Waals surface area contributed by atoms with Gasteiger partial charge in [-0.05, 0) is 24.6 Å². The van der Waals surface area contributed by atoms with Crippen molar-refractivity contribution in [2.75, 3.05) is 0 Å². The summed E-state index contributed by atoms with van der Waals surface area (Å²) in [5, 5.41) is 8.87. The van der Waals surface area contributed by atoms with Crippen LogP contribution < -0.4 is 4.74 Å². The molecular formula is C13H11FO4. The van der Waals surface area contributed by atoms with E-state index in [0.29, 0.717) is 5.75 Å². The van der Waals surface area contributed by atoms with E-state index in [1.165, 1.54) is 24.5 Å². The number of carboxylic acids is 1. The Morgan fingerprint density at radius 3 is 2.94 bits per heavy atom. The van der Waals surface area contributed by atoms with Crippen LogP contribution in [-0.2, 0) is 6.61 Å². The van der Waals surface area contributed by atoms with Crippen molar-refractivity contribution in [1.29, 1.82) is 0 Å². The van der Waals surface area contributed by atoms with Gasteiger partial charge in [0.2, 0.25) is 0 Å². The second-order valence-corrected chi connectivity index (χ2v) is 3.76. The number of furan rings is 1. The van der Waals surface area contributed by atoms with Crippen LogP contribution >= 0.6 is 0 Å². The Kier molecular flexibility index (Phi) is 3.32. The third-order valence-electron chi connectivity index (χ3n) is 2.48. The molecule has 0 spiro atoms. The van der Waals surface area contributed by atoms with Crippen LogP contribution in [0.3, 0.4) is 0 Å². The molecule has 5 heteroatoms. The van der Waals surface area contributed by atoms with E-state index in [1.807, 2.05) is 0 Å². The van der Waals surface area contributed by atoms with Gasteiger partial charge in [0.1, 0.15) is 23.7 Å². The highest BCUT2D eigenvalue weighted by molar-refractivity contribution is 5.88. The average Bonchev–Trinajstić information content (AvgIpc) is 2.79. The van der Waals surface area contributed by atoms with E-state index in [0.717, 1.165) is 5.56 Å². The highest BCUT2D eigenvalue weighted by Crippen LogP contribution is 2.21. The summed E-state index contributed by atoms with van der Waals surface area (Å²) >= 11 is 0. The number of rotatable bonds is 4. The van der Waals surface area contributed by atoms with Crippen molar-refractivity contribution < 1.29 is 23.4 Å². The number of ether oxygens (including phenoxy) is 1. The molecule has 0 saturated carbocycles. The molecule has 18 heavy (non-hydrogen) atoms. The number of halogens is 1. The summed E-state index contributed by atoms with van der Waals surface area (Å²) in [7, 11) is 0. The van der Waals surface area contributed by atoms with Crippen molar-refractivity contribution in [3.63, 3.8) is 0 Å². The topological polar surface area (TPSA) is 59.7 Å². The molecule has 0 radical (unpaired) electrons. The molecule has 0 atom stereocenters. The quantitative estimate of drug-likeness (QED) is 0.906. The van der Waals surface area contributed by atoms with Gasteiger partial charge in [-0.1, -0.05) is 6.07 Å². The minimum Gasteiger partial charge on any atom is -0.485 e. The van der Waals surface area contributed by atoms with Gasteiger partial charge in [0.05, 0.1) is 6.26 Å². The number of benzene rings is 1.